The zero-order chi connectivity index (χ0) is 13.8. The normalized spacial score (nSPS) is 26.3. The average molecular weight is 326 g/mol. The van der Waals surface area contributed by atoms with Crippen LogP contribution in [0.4, 0.5) is 0 Å². The van der Waals surface area contributed by atoms with Crippen LogP contribution >= 0.6 is 15.9 Å². The molecule has 3 atom stereocenters. The van der Waals surface area contributed by atoms with E-state index in [0.717, 1.165) is 35.7 Å². The highest BCUT2D eigenvalue weighted by molar-refractivity contribution is 9.10. The highest BCUT2D eigenvalue weighted by Crippen LogP contribution is 2.18. The minimum atomic E-state index is 0.575. The third kappa shape index (κ3) is 4.01. The van der Waals surface area contributed by atoms with Crippen molar-refractivity contribution >= 4 is 15.9 Å². The number of nitrogens with one attached hydrogen (secondary N) is 1. The number of aromatic nitrogens is 1. The molecule has 0 spiro atoms. The first-order valence-electron chi connectivity index (χ1n) is 7.18. The minimum absolute atomic E-state index is 0.575. The van der Waals surface area contributed by atoms with Crippen LogP contribution in [-0.4, -0.2) is 35.1 Å². The Hall–Kier alpha value is -0.450. The van der Waals surface area contributed by atoms with Crippen LogP contribution < -0.4 is 5.32 Å². The van der Waals surface area contributed by atoms with Crippen molar-refractivity contribution in [2.45, 2.75) is 45.8 Å². The van der Waals surface area contributed by atoms with E-state index in [1.54, 1.807) is 0 Å². The molecule has 0 aliphatic carbocycles. The van der Waals surface area contributed by atoms with Crippen LogP contribution in [0.5, 0.6) is 0 Å². The highest BCUT2D eigenvalue weighted by atomic mass is 79.9. The van der Waals surface area contributed by atoms with Gasteiger partial charge in [-0.25, -0.2) is 0 Å². The van der Waals surface area contributed by atoms with E-state index in [2.05, 4.69) is 64.0 Å². The number of rotatable bonds is 4. The third-order valence-corrected chi connectivity index (χ3v) is 4.68. The molecule has 2 heterocycles. The molecule has 0 saturated carbocycles. The lowest BCUT2D eigenvalue weighted by Gasteiger charge is -2.40. The second-order valence-corrected chi connectivity index (χ2v) is 6.56. The molecule has 1 aromatic rings. The first kappa shape index (κ1) is 14.9. The summed E-state index contributed by atoms with van der Waals surface area (Å²) in [5.41, 5.74) is 1.15. The molecule has 1 saturated heterocycles. The van der Waals surface area contributed by atoms with E-state index < -0.39 is 0 Å². The standard InChI is InChI=1S/C15H24BrN3/c1-4-11(2)15-10-19(12(3)7-18-15)9-14-6-5-13(16)8-17-14/h5-6,8,11-12,15,18H,4,7,9-10H2,1-3H3. The van der Waals surface area contributed by atoms with Gasteiger partial charge in [-0.1, -0.05) is 20.3 Å². The molecule has 1 N–H and O–H groups in total. The molecule has 0 aromatic carbocycles. The zero-order valence-corrected chi connectivity index (χ0v) is 13.7. The predicted molar refractivity (Wildman–Crippen MR) is 83.1 cm³/mol. The van der Waals surface area contributed by atoms with Crippen LogP contribution in [0.3, 0.4) is 0 Å². The summed E-state index contributed by atoms with van der Waals surface area (Å²) in [5.74, 6) is 0.730. The summed E-state index contributed by atoms with van der Waals surface area (Å²) in [6.07, 6.45) is 3.12. The van der Waals surface area contributed by atoms with Gasteiger partial charge < -0.3 is 5.32 Å². The molecule has 0 amide bonds. The maximum absolute atomic E-state index is 4.49. The van der Waals surface area contributed by atoms with E-state index >= 15 is 0 Å². The van der Waals surface area contributed by atoms with E-state index in [1.165, 1.54) is 6.42 Å². The lowest BCUT2D eigenvalue weighted by molar-refractivity contribution is 0.110. The summed E-state index contributed by atoms with van der Waals surface area (Å²) in [6.45, 7) is 10.0. The molecule has 1 fully saturated rings. The van der Waals surface area contributed by atoms with E-state index in [1.807, 2.05) is 6.20 Å². The summed E-state index contributed by atoms with van der Waals surface area (Å²) < 4.78 is 1.04. The van der Waals surface area contributed by atoms with Gasteiger partial charge in [0.25, 0.3) is 0 Å². The molecule has 2 rings (SSSR count). The number of pyridine rings is 1. The fourth-order valence-corrected chi connectivity index (χ4v) is 2.78. The maximum Gasteiger partial charge on any atom is 0.0544 e. The molecular formula is C15H24BrN3. The fraction of sp³-hybridized carbons (Fsp3) is 0.667. The third-order valence-electron chi connectivity index (χ3n) is 4.21. The fourth-order valence-electron chi connectivity index (χ4n) is 2.54. The quantitative estimate of drug-likeness (QED) is 0.922. The van der Waals surface area contributed by atoms with Crippen LogP contribution in [0.2, 0.25) is 0 Å². The van der Waals surface area contributed by atoms with Gasteiger partial charge in [-0.3, -0.25) is 9.88 Å². The monoisotopic (exact) mass is 325 g/mol. The molecule has 3 unspecified atom stereocenters. The maximum atomic E-state index is 4.49. The molecule has 1 aliphatic heterocycles. The summed E-state index contributed by atoms with van der Waals surface area (Å²) in [7, 11) is 0. The first-order chi connectivity index (χ1) is 9.10. The molecule has 1 aromatic heterocycles. The smallest absolute Gasteiger partial charge is 0.0544 e. The van der Waals surface area contributed by atoms with E-state index in [-0.39, 0.29) is 0 Å². The van der Waals surface area contributed by atoms with Gasteiger partial charge in [0.2, 0.25) is 0 Å². The Labute approximate surface area is 124 Å². The van der Waals surface area contributed by atoms with Crippen LogP contribution in [0.1, 0.15) is 32.9 Å². The van der Waals surface area contributed by atoms with Crippen molar-refractivity contribution in [2.75, 3.05) is 13.1 Å². The van der Waals surface area contributed by atoms with Crippen molar-refractivity contribution in [3.8, 4) is 0 Å². The summed E-state index contributed by atoms with van der Waals surface area (Å²) in [4.78, 5) is 7.03. The van der Waals surface area contributed by atoms with Crippen molar-refractivity contribution in [2.24, 2.45) is 5.92 Å². The number of piperazine rings is 1. The lowest BCUT2D eigenvalue weighted by atomic mass is 9.95. The highest BCUT2D eigenvalue weighted by Gasteiger charge is 2.27. The van der Waals surface area contributed by atoms with Crippen molar-refractivity contribution in [3.05, 3.63) is 28.5 Å². The Morgan fingerprint density at radius 3 is 2.95 bits per heavy atom. The Morgan fingerprint density at radius 1 is 1.53 bits per heavy atom. The van der Waals surface area contributed by atoms with Gasteiger partial charge in [-0.2, -0.15) is 0 Å². The molecule has 106 valence electrons. The van der Waals surface area contributed by atoms with E-state index in [4.69, 9.17) is 0 Å². The number of hydrogen-bond acceptors (Lipinski definition) is 3. The van der Waals surface area contributed by atoms with Gasteiger partial charge >= 0.3 is 0 Å². The molecule has 1 aliphatic rings. The zero-order valence-electron chi connectivity index (χ0n) is 12.1. The number of hydrogen-bond donors (Lipinski definition) is 1. The summed E-state index contributed by atoms with van der Waals surface area (Å²) >= 11 is 3.43. The van der Waals surface area contributed by atoms with Gasteiger partial charge in [-0.05, 0) is 40.9 Å². The molecule has 19 heavy (non-hydrogen) atoms. The second kappa shape index (κ2) is 6.82. The van der Waals surface area contributed by atoms with Crippen LogP contribution in [0.25, 0.3) is 0 Å². The van der Waals surface area contributed by atoms with Crippen LogP contribution in [-0.2, 0) is 6.54 Å². The Kier molecular flexibility index (Phi) is 5.37. The van der Waals surface area contributed by atoms with Crippen molar-refractivity contribution < 1.29 is 0 Å². The largest absolute Gasteiger partial charge is 0.311 e. The average Bonchev–Trinajstić information content (AvgIpc) is 2.43. The van der Waals surface area contributed by atoms with Gasteiger partial charge in [-0.15, -0.1) is 0 Å². The van der Waals surface area contributed by atoms with E-state index in [0.29, 0.717) is 12.1 Å². The lowest BCUT2D eigenvalue weighted by Crippen LogP contribution is -2.57. The van der Waals surface area contributed by atoms with Gasteiger partial charge in [0.15, 0.2) is 0 Å². The SMILES string of the molecule is CCC(C)C1CN(Cc2ccc(Br)cn2)C(C)CN1. The minimum Gasteiger partial charge on any atom is -0.311 e. The second-order valence-electron chi connectivity index (χ2n) is 5.65. The number of nitrogens with zero attached hydrogens (tertiary/aromatic N) is 2. The van der Waals surface area contributed by atoms with Crippen LogP contribution in [0.15, 0.2) is 22.8 Å². The molecule has 4 heteroatoms. The Balaban J connectivity index is 1.99. The van der Waals surface area contributed by atoms with Gasteiger partial charge in [0.1, 0.15) is 0 Å². The molecule has 3 nitrogen and oxygen atoms in total. The molecular weight excluding hydrogens is 302 g/mol. The van der Waals surface area contributed by atoms with Crippen molar-refractivity contribution in [1.82, 2.24) is 15.2 Å². The topological polar surface area (TPSA) is 28.2 Å². The summed E-state index contributed by atoms with van der Waals surface area (Å²) in [6, 6.07) is 5.36. The Morgan fingerprint density at radius 2 is 2.32 bits per heavy atom. The molecule has 0 bridgehead atoms. The van der Waals surface area contributed by atoms with Crippen LogP contribution in [0, 0.1) is 5.92 Å². The van der Waals surface area contributed by atoms with Crippen molar-refractivity contribution in [1.29, 1.82) is 0 Å². The Bertz CT molecular complexity index is 393. The first-order valence-corrected chi connectivity index (χ1v) is 7.97. The van der Waals surface area contributed by atoms with E-state index in [9.17, 15) is 0 Å². The van der Waals surface area contributed by atoms with Gasteiger partial charge in [0, 0.05) is 42.4 Å². The van der Waals surface area contributed by atoms with Crippen molar-refractivity contribution in [3.63, 3.8) is 0 Å². The predicted octanol–water partition coefficient (Wildman–Crippen LogP) is 3.05. The van der Waals surface area contributed by atoms with Gasteiger partial charge in [0.05, 0.1) is 5.69 Å². The number of halogens is 1. The molecule has 0 radical (unpaired) electrons. The summed E-state index contributed by atoms with van der Waals surface area (Å²) in [5, 5.41) is 3.67.